The average Bonchev–Trinajstić information content (AvgIpc) is 2.38. The van der Waals surface area contributed by atoms with Gasteiger partial charge in [0.1, 0.15) is 0 Å². The first kappa shape index (κ1) is 15.5. The Balaban J connectivity index is 2.08. The monoisotopic (exact) mass is 274 g/mol. The molecule has 1 aromatic rings. The second-order valence-corrected chi connectivity index (χ2v) is 6.62. The van der Waals surface area contributed by atoms with Crippen LogP contribution in [-0.4, -0.2) is 31.6 Å². The summed E-state index contributed by atoms with van der Waals surface area (Å²) in [7, 11) is 2.28. The summed E-state index contributed by atoms with van der Waals surface area (Å²) in [5.41, 5.74) is 5.77. The minimum atomic E-state index is 0.505. The molecule has 20 heavy (non-hydrogen) atoms. The lowest BCUT2D eigenvalue weighted by atomic mass is 9.92. The smallest absolute Gasteiger partial charge is 0.0322 e. The molecule has 1 aliphatic rings. The summed E-state index contributed by atoms with van der Waals surface area (Å²) in [6.07, 6.45) is 2.64. The molecule has 0 bridgehead atoms. The van der Waals surface area contributed by atoms with Gasteiger partial charge in [-0.15, -0.1) is 0 Å². The third-order valence-corrected chi connectivity index (χ3v) is 4.82. The molecule has 1 unspecified atom stereocenters. The molecular weight excluding hydrogens is 244 g/mol. The van der Waals surface area contributed by atoms with Crippen LogP contribution in [0.15, 0.2) is 12.1 Å². The molecule has 1 heterocycles. The molecule has 1 aliphatic heterocycles. The Morgan fingerprint density at radius 3 is 2.25 bits per heavy atom. The zero-order valence-electron chi connectivity index (χ0n) is 13.8. The van der Waals surface area contributed by atoms with Crippen LogP contribution in [0.1, 0.15) is 48.1 Å². The van der Waals surface area contributed by atoms with Crippen molar-refractivity contribution in [1.82, 2.24) is 10.2 Å². The fraction of sp³-hybridized carbons (Fsp3) is 0.667. The van der Waals surface area contributed by atoms with Gasteiger partial charge in [-0.2, -0.15) is 0 Å². The maximum atomic E-state index is 3.45. The summed E-state index contributed by atoms with van der Waals surface area (Å²) in [4.78, 5) is 2.54. The second-order valence-electron chi connectivity index (χ2n) is 6.62. The van der Waals surface area contributed by atoms with Crippen LogP contribution in [-0.2, 0) is 0 Å². The van der Waals surface area contributed by atoms with Gasteiger partial charge in [-0.1, -0.05) is 17.7 Å². The van der Waals surface area contributed by atoms with Gasteiger partial charge in [0.05, 0.1) is 0 Å². The van der Waals surface area contributed by atoms with E-state index in [0.717, 1.165) is 5.92 Å². The Kier molecular flexibility index (Phi) is 5.22. The minimum absolute atomic E-state index is 0.505. The van der Waals surface area contributed by atoms with Crippen LogP contribution in [0.5, 0.6) is 0 Å². The predicted molar refractivity (Wildman–Crippen MR) is 87.3 cm³/mol. The predicted octanol–water partition coefficient (Wildman–Crippen LogP) is 3.60. The van der Waals surface area contributed by atoms with Crippen LogP contribution in [0.25, 0.3) is 0 Å². The molecule has 2 heteroatoms. The quantitative estimate of drug-likeness (QED) is 0.902. The number of piperidine rings is 1. The standard InChI is InChI=1S/C18H30N2/c1-13-10-14(2)18(15(3)11-13)16(4)20(5)12-17-6-8-19-9-7-17/h10-11,16-17,19H,6-9,12H2,1-5H3. The van der Waals surface area contributed by atoms with E-state index in [0.29, 0.717) is 6.04 Å². The molecule has 1 N–H and O–H groups in total. The number of benzene rings is 1. The van der Waals surface area contributed by atoms with Gasteiger partial charge in [-0.05, 0) is 83.3 Å². The maximum absolute atomic E-state index is 3.45. The Morgan fingerprint density at radius 2 is 1.70 bits per heavy atom. The summed E-state index contributed by atoms with van der Waals surface area (Å²) in [6, 6.07) is 5.14. The van der Waals surface area contributed by atoms with Crippen molar-refractivity contribution in [2.75, 3.05) is 26.7 Å². The fourth-order valence-corrected chi connectivity index (χ4v) is 3.70. The number of hydrogen-bond acceptors (Lipinski definition) is 2. The first-order chi connectivity index (χ1) is 9.49. The van der Waals surface area contributed by atoms with E-state index in [1.54, 1.807) is 0 Å². The van der Waals surface area contributed by atoms with E-state index in [-0.39, 0.29) is 0 Å². The summed E-state index contributed by atoms with van der Waals surface area (Å²) < 4.78 is 0. The van der Waals surface area contributed by atoms with Crippen molar-refractivity contribution in [2.45, 2.75) is 46.6 Å². The molecule has 0 spiro atoms. The molecule has 112 valence electrons. The molecule has 0 amide bonds. The van der Waals surface area contributed by atoms with E-state index in [9.17, 15) is 0 Å². The van der Waals surface area contributed by atoms with Crippen LogP contribution < -0.4 is 5.32 Å². The lowest BCUT2D eigenvalue weighted by Crippen LogP contribution is -2.35. The molecule has 2 nitrogen and oxygen atoms in total. The van der Waals surface area contributed by atoms with Gasteiger partial charge >= 0.3 is 0 Å². The summed E-state index contributed by atoms with van der Waals surface area (Å²) in [5, 5.41) is 3.45. The highest BCUT2D eigenvalue weighted by Gasteiger charge is 2.21. The van der Waals surface area contributed by atoms with Gasteiger partial charge in [0, 0.05) is 12.6 Å². The van der Waals surface area contributed by atoms with E-state index >= 15 is 0 Å². The largest absolute Gasteiger partial charge is 0.317 e. The first-order valence-corrected chi connectivity index (χ1v) is 7.97. The zero-order chi connectivity index (χ0) is 14.7. The highest BCUT2D eigenvalue weighted by molar-refractivity contribution is 5.39. The third-order valence-electron chi connectivity index (χ3n) is 4.82. The van der Waals surface area contributed by atoms with Crippen molar-refractivity contribution >= 4 is 0 Å². The maximum Gasteiger partial charge on any atom is 0.0322 e. The molecule has 1 aromatic carbocycles. The normalized spacial score (nSPS) is 18.5. The molecule has 1 saturated heterocycles. The molecule has 1 atom stereocenters. The van der Waals surface area contributed by atoms with Crippen molar-refractivity contribution in [1.29, 1.82) is 0 Å². The lowest BCUT2D eigenvalue weighted by molar-refractivity contribution is 0.196. The average molecular weight is 274 g/mol. The highest BCUT2D eigenvalue weighted by atomic mass is 15.1. The first-order valence-electron chi connectivity index (χ1n) is 7.97. The number of nitrogens with one attached hydrogen (secondary N) is 1. The molecule has 0 aliphatic carbocycles. The van der Waals surface area contributed by atoms with Gasteiger partial charge < -0.3 is 5.32 Å². The van der Waals surface area contributed by atoms with E-state index < -0.39 is 0 Å². The highest BCUT2D eigenvalue weighted by Crippen LogP contribution is 2.28. The Bertz CT molecular complexity index is 424. The van der Waals surface area contributed by atoms with Crippen molar-refractivity contribution in [3.63, 3.8) is 0 Å². The molecule has 0 radical (unpaired) electrons. The van der Waals surface area contributed by atoms with Crippen molar-refractivity contribution in [2.24, 2.45) is 5.92 Å². The van der Waals surface area contributed by atoms with Crippen LogP contribution in [0.3, 0.4) is 0 Å². The molecule has 2 rings (SSSR count). The molecule has 1 fully saturated rings. The third kappa shape index (κ3) is 3.62. The number of rotatable bonds is 4. The Morgan fingerprint density at radius 1 is 1.15 bits per heavy atom. The second kappa shape index (κ2) is 6.73. The summed E-state index contributed by atoms with van der Waals surface area (Å²) in [5.74, 6) is 0.856. The van der Waals surface area contributed by atoms with Gasteiger partial charge in [-0.3, -0.25) is 4.90 Å². The van der Waals surface area contributed by atoms with Crippen LogP contribution in [0.4, 0.5) is 0 Å². The fourth-order valence-electron chi connectivity index (χ4n) is 3.70. The molecule has 0 aromatic heterocycles. The SMILES string of the molecule is Cc1cc(C)c(C(C)N(C)CC2CCNCC2)c(C)c1. The summed E-state index contributed by atoms with van der Waals surface area (Å²) >= 11 is 0. The van der Waals surface area contributed by atoms with E-state index in [1.807, 2.05) is 0 Å². The molecule has 0 saturated carbocycles. The van der Waals surface area contributed by atoms with Gasteiger partial charge in [0.15, 0.2) is 0 Å². The Labute approximate surface area is 124 Å². The van der Waals surface area contributed by atoms with Crippen LogP contribution in [0, 0.1) is 26.7 Å². The van der Waals surface area contributed by atoms with Crippen LogP contribution >= 0.6 is 0 Å². The van der Waals surface area contributed by atoms with Crippen molar-refractivity contribution < 1.29 is 0 Å². The van der Waals surface area contributed by atoms with Gasteiger partial charge in [0.25, 0.3) is 0 Å². The minimum Gasteiger partial charge on any atom is -0.317 e. The molecular formula is C18H30N2. The summed E-state index contributed by atoms with van der Waals surface area (Å²) in [6.45, 7) is 12.6. The zero-order valence-corrected chi connectivity index (χ0v) is 13.8. The van der Waals surface area contributed by atoms with E-state index in [2.05, 4.69) is 57.1 Å². The van der Waals surface area contributed by atoms with Crippen molar-refractivity contribution in [3.05, 3.63) is 34.4 Å². The van der Waals surface area contributed by atoms with Crippen LogP contribution in [0.2, 0.25) is 0 Å². The number of aryl methyl sites for hydroxylation is 3. The topological polar surface area (TPSA) is 15.3 Å². The number of nitrogens with zero attached hydrogens (tertiary/aromatic N) is 1. The number of hydrogen-bond donors (Lipinski definition) is 1. The van der Waals surface area contributed by atoms with Crippen molar-refractivity contribution in [3.8, 4) is 0 Å². The van der Waals surface area contributed by atoms with E-state index in [4.69, 9.17) is 0 Å². The van der Waals surface area contributed by atoms with Gasteiger partial charge in [-0.25, -0.2) is 0 Å². The Hall–Kier alpha value is -0.860. The van der Waals surface area contributed by atoms with E-state index in [1.165, 1.54) is 54.7 Å². The van der Waals surface area contributed by atoms with Gasteiger partial charge in [0.2, 0.25) is 0 Å². The lowest BCUT2D eigenvalue weighted by Gasteiger charge is -2.33.